The predicted molar refractivity (Wildman–Crippen MR) is 344 cm³/mol. The maximum atomic E-state index is 2.43. The summed E-state index contributed by atoms with van der Waals surface area (Å²) in [5.74, 6) is 0. The van der Waals surface area contributed by atoms with Gasteiger partial charge in [-0.3, -0.25) is 0 Å². The summed E-state index contributed by atoms with van der Waals surface area (Å²) in [5.41, 5.74) is 23.5. The molecule has 0 saturated heterocycles. The molecule has 0 saturated carbocycles. The first-order valence-electron chi connectivity index (χ1n) is 28.2. The van der Waals surface area contributed by atoms with Crippen LogP contribution < -0.4 is 14.7 Å². The number of rotatable bonds is 14. The van der Waals surface area contributed by atoms with Crippen molar-refractivity contribution in [3.05, 3.63) is 368 Å². The van der Waals surface area contributed by atoms with E-state index >= 15 is 0 Å². The molecule has 0 fully saturated rings. The molecule has 1 aliphatic rings. The van der Waals surface area contributed by atoms with Gasteiger partial charge in [0, 0.05) is 51.2 Å². The van der Waals surface area contributed by atoms with Crippen molar-refractivity contribution in [2.75, 3.05) is 14.7 Å². The van der Waals surface area contributed by atoms with Gasteiger partial charge in [0.1, 0.15) is 0 Å². The van der Waals surface area contributed by atoms with Crippen LogP contribution in [0.3, 0.4) is 0 Å². The van der Waals surface area contributed by atoms with E-state index in [4.69, 9.17) is 0 Å². The zero-order valence-corrected chi connectivity index (χ0v) is 45.3. The first kappa shape index (κ1) is 49.5. The Morgan fingerprint density at radius 1 is 0.183 bits per heavy atom. The third-order valence-electron chi connectivity index (χ3n) is 16.1. The molecule has 82 heavy (non-hydrogen) atoms. The van der Waals surface area contributed by atoms with E-state index in [-0.39, 0.29) is 0 Å². The van der Waals surface area contributed by atoms with Crippen molar-refractivity contribution < 1.29 is 0 Å². The lowest BCUT2D eigenvalue weighted by Crippen LogP contribution is -2.28. The van der Waals surface area contributed by atoms with Crippen LogP contribution in [-0.2, 0) is 5.41 Å². The molecule has 0 atom stereocenters. The van der Waals surface area contributed by atoms with Gasteiger partial charge in [-0.05, 0) is 164 Å². The molecule has 3 heteroatoms. The van der Waals surface area contributed by atoms with E-state index in [0.29, 0.717) is 0 Å². The highest BCUT2D eigenvalue weighted by molar-refractivity contribution is 5.97. The molecule has 0 amide bonds. The van der Waals surface area contributed by atoms with Gasteiger partial charge in [-0.2, -0.15) is 0 Å². The van der Waals surface area contributed by atoms with Crippen LogP contribution in [0.15, 0.2) is 346 Å². The van der Waals surface area contributed by atoms with Gasteiger partial charge in [0.25, 0.3) is 0 Å². The van der Waals surface area contributed by atoms with Crippen LogP contribution >= 0.6 is 0 Å². The predicted octanol–water partition coefficient (Wildman–Crippen LogP) is 21.5. The van der Waals surface area contributed by atoms with E-state index < -0.39 is 5.41 Å². The molecule has 1 aliphatic carbocycles. The fraction of sp³-hybridized carbons (Fsp3) is 0.0127. The zero-order valence-electron chi connectivity index (χ0n) is 45.3. The number of para-hydroxylation sites is 2. The molecule has 0 aromatic heterocycles. The Kier molecular flexibility index (Phi) is 13.2. The van der Waals surface area contributed by atoms with Gasteiger partial charge >= 0.3 is 0 Å². The van der Waals surface area contributed by atoms with Crippen molar-refractivity contribution in [1.29, 1.82) is 0 Å². The molecule has 0 radical (unpaired) electrons. The van der Waals surface area contributed by atoms with Crippen molar-refractivity contribution in [3.63, 3.8) is 0 Å². The normalized spacial score (nSPS) is 12.0. The Bertz CT molecular complexity index is 4280. The van der Waals surface area contributed by atoms with Crippen LogP contribution in [-0.4, -0.2) is 0 Å². The quantitative estimate of drug-likeness (QED) is 0.107. The van der Waals surface area contributed by atoms with Gasteiger partial charge in [0.05, 0.1) is 5.41 Å². The first-order chi connectivity index (χ1) is 40.7. The van der Waals surface area contributed by atoms with Crippen LogP contribution in [0.25, 0.3) is 44.5 Å². The minimum atomic E-state index is -0.521. The summed E-state index contributed by atoms with van der Waals surface area (Å²) in [4.78, 5) is 7.15. The highest BCUT2D eigenvalue weighted by atomic mass is 15.2. The first-order valence-corrected chi connectivity index (χ1v) is 28.2. The molecule has 0 aliphatic heterocycles. The van der Waals surface area contributed by atoms with Crippen LogP contribution in [0.1, 0.15) is 22.3 Å². The fourth-order valence-corrected chi connectivity index (χ4v) is 12.5. The second kappa shape index (κ2) is 21.8. The average Bonchev–Trinajstić information content (AvgIpc) is 1.89. The van der Waals surface area contributed by atoms with Crippen molar-refractivity contribution in [1.82, 2.24) is 0 Å². The maximum Gasteiger partial charge on any atom is 0.0713 e. The minimum Gasteiger partial charge on any atom is -0.310 e. The smallest absolute Gasteiger partial charge is 0.0713 e. The summed E-state index contributed by atoms with van der Waals surface area (Å²) in [6.45, 7) is 0. The maximum absolute atomic E-state index is 2.43. The third kappa shape index (κ3) is 9.11. The second-order valence-corrected chi connectivity index (χ2v) is 20.9. The van der Waals surface area contributed by atoms with Gasteiger partial charge in [-0.25, -0.2) is 0 Å². The molecule has 0 N–H and O–H groups in total. The van der Waals surface area contributed by atoms with Crippen molar-refractivity contribution in [3.8, 4) is 44.5 Å². The van der Waals surface area contributed by atoms with Crippen molar-refractivity contribution in [2.45, 2.75) is 5.41 Å². The van der Waals surface area contributed by atoms with Crippen molar-refractivity contribution in [2.24, 2.45) is 0 Å². The number of fused-ring (bicyclic) bond motifs is 3. The summed E-state index contributed by atoms with van der Waals surface area (Å²) >= 11 is 0. The summed E-state index contributed by atoms with van der Waals surface area (Å²) in [6, 6.07) is 126. The monoisotopic (exact) mass is 1050 g/mol. The Morgan fingerprint density at radius 3 is 1.01 bits per heavy atom. The van der Waals surface area contributed by atoms with E-state index in [0.717, 1.165) is 62.3 Å². The molecule has 14 rings (SSSR count). The number of hydrogen-bond donors (Lipinski definition) is 0. The van der Waals surface area contributed by atoms with Crippen LogP contribution in [0, 0.1) is 0 Å². The van der Waals surface area contributed by atoms with E-state index in [1.807, 2.05) is 0 Å². The lowest BCUT2D eigenvalue weighted by atomic mass is 9.67. The molecular formula is C79H57N3. The minimum absolute atomic E-state index is 0.521. The number of anilines is 9. The Balaban J connectivity index is 0.954. The van der Waals surface area contributed by atoms with Gasteiger partial charge in [0.2, 0.25) is 0 Å². The summed E-state index contributed by atoms with van der Waals surface area (Å²) in [5, 5.41) is 0. The largest absolute Gasteiger partial charge is 0.310 e. The fourth-order valence-electron chi connectivity index (χ4n) is 12.5. The van der Waals surface area contributed by atoms with E-state index in [2.05, 4.69) is 360 Å². The topological polar surface area (TPSA) is 9.72 Å². The van der Waals surface area contributed by atoms with Crippen LogP contribution in [0.4, 0.5) is 51.2 Å². The van der Waals surface area contributed by atoms with Gasteiger partial charge in [-0.1, -0.05) is 249 Å². The summed E-state index contributed by atoms with van der Waals surface area (Å²) in [7, 11) is 0. The molecule has 3 nitrogen and oxygen atoms in total. The van der Waals surface area contributed by atoms with E-state index in [1.165, 1.54) is 55.6 Å². The number of hydrogen-bond acceptors (Lipinski definition) is 3. The molecule has 0 heterocycles. The average molecular weight is 1050 g/mol. The molecule has 13 aromatic carbocycles. The summed E-state index contributed by atoms with van der Waals surface area (Å²) < 4.78 is 0. The molecule has 0 unspecified atom stereocenters. The molecule has 388 valence electrons. The standard InChI is InChI=1S/C79H57N3/c1-7-26-58(27-8-1)60-50-52-67(53-51-60)80(65-36-15-5-16-37-65)70-42-23-44-72(56-70)82(73-45-24-43-71(57-73)81(66-38-17-6-18-39-66)68-40-21-30-61(54-68)59-28-9-2-10-29-59)69-41-22-31-62(55-69)74-47-25-49-77-78(74)75-46-19-20-48-76(75)79(77,63-32-11-3-12-33-63)64-34-13-4-14-35-64/h1-57H. The molecular weight excluding hydrogens is 991 g/mol. The summed E-state index contributed by atoms with van der Waals surface area (Å²) in [6.07, 6.45) is 0. The highest BCUT2D eigenvalue weighted by Crippen LogP contribution is 2.58. The van der Waals surface area contributed by atoms with Crippen LogP contribution in [0.2, 0.25) is 0 Å². The molecule has 0 bridgehead atoms. The number of benzene rings is 13. The van der Waals surface area contributed by atoms with Gasteiger partial charge in [-0.15, -0.1) is 0 Å². The molecule has 0 spiro atoms. The Hall–Kier alpha value is -10.7. The Morgan fingerprint density at radius 2 is 0.488 bits per heavy atom. The van der Waals surface area contributed by atoms with Gasteiger partial charge in [0.15, 0.2) is 0 Å². The van der Waals surface area contributed by atoms with Crippen LogP contribution in [0.5, 0.6) is 0 Å². The van der Waals surface area contributed by atoms with E-state index in [1.54, 1.807) is 0 Å². The third-order valence-corrected chi connectivity index (χ3v) is 16.1. The number of nitrogens with zero attached hydrogens (tertiary/aromatic N) is 3. The van der Waals surface area contributed by atoms with Gasteiger partial charge < -0.3 is 14.7 Å². The Labute approximate surface area is 481 Å². The highest BCUT2D eigenvalue weighted by Gasteiger charge is 2.46. The van der Waals surface area contributed by atoms with E-state index in [9.17, 15) is 0 Å². The lowest BCUT2D eigenvalue weighted by Gasteiger charge is -2.34. The molecule has 13 aromatic rings. The SMILES string of the molecule is c1ccc(-c2ccc(N(c3ccccc3)c3cccc(N(c4cccc(-c5cccc6c5-c5ccccc5C6(c5ccccc5)c5ccccc5)c4)c4cccc(N(c5ccccc5)c5cccc(-c6ccccc6)c5)c4)c3)cc2)cc1. The van der Waals surface area contributed by atoms with Crippen molar-refractivity contribution >= 4 is 51.2 Å². The lowest BCUT2D eigenvalue weighted by molar-refractivity contribution is 0.768. The second-order valence-electron chi connectivity index (χ2n) is 20.9. The zero-order chi connectivity index (χ0) is 54.7.